The lowest BCUT2D eigenvalue weighted by Crippen LogP contribution is -2.25. The van der Waals surface area contributed by atoms with E-state index < -0.39 is 0 Å². The Morgan fingerprint density at radius 3 is 2.53 bits per heavy atom. The number of nitrogens with zero attached hydrogens (tertiary/aromatic N) is 4. The van der Waals surface area contributed by atoms with E-state index >= 15 is 0 Å². The maximum atomic E-state index is 12.9. The molecule has 2 aromatic rings. The first-order valence-electron chi connectivity index (χ1n) is 6.33. The molecule has 19 heavy (non-hydrogen) atoms. The Balaban J connectivity index is 2.17. The van der Waals surface area contributed by atoms with Crippen LogP contribution in [0.4, 0.5) is 4.39 Å². The van der Waals surface area contributed by atoms with Gasteiger partial charge in [-0.05, 0) is 35.0 Å². The maximum Gasteiger partial charge on any atom is 0.165 e. The Bertz CT molecular complexity index is 520. The van der Waals surface area contributed by atoms with E-state index in [1.807, 2.05) is 6.92 Å². The van der Waals surface area contributed by atoms with Gasteiger partial charge in [-0.3, -0.25) is 0 Å². The van der Waals surface area contributed by atoms with Gasteiger partial charge in [0.25, 0.3) is 0 Å². The van der Waals surface area contributed by atoms with Crippen LogP contribution >= 0.6 is 0 Å². The molecule has 0 aliphatic rings. The van der Waals surface area contributed by atoms with Crippen LogP contribution in [0.15, 0.2) is 24.3 Å². The van der Waals surface area contributed by atoms with Gasteiger partial charge in [-0.15, -0.1) is 5.10 Å². The molecule has 1 aromatic heterocycles. The highest BCUT2D eigenvalue weighted by Crippen LogP contribution is 2.17. The summed E-state index contributed by atoms with van der Waals surface area (Å²) in [4.78, 5) is 0. The average Bonchev–Trinajstić information content (AvgIpc) is 2.84. The second kappa shape index (κ2) is 5.88. The van der Waals surface area contributed by atoms with Crippen molar-refractivity contribution in [2.45, 2.75) is 39.4 Å². The summed E-state index contributed by atoms with van der Waals surface area (Å²) in [6.45, 7) is 6.73. The quantitative estimate of drug-likeness (QED) is 0.895. The van der Waals surface area contributed by atoms with Gasteiger partial charge in [-0.2, -0.15) is 0 Å². The second-order valence-electron chi connectivity index (χ2n) is 4.80. The highest BCUT2D eigenvalue weighted by atomic mass is 19.1. The highest BCUT2D eigenvalue weighted by molar-refractivity contribution is 5.20. The molecular weight excluding hydrogens is 245 g/mol. The molecule has 1 N–H and O–H groups in total. The van der Waals surface area contributed by atoms with Crippen LogP contribution in [-0.2, 0) is 6.54 Å². The predicted octanol–water partition coefficient (Wildman–Crippen LogP) is 1.92. The fourth-order valence-corrected chi connectivity index (χ4v) is 1.81. The number of hydrogen-bond acceptors (Lipinski definition) is 4. The molecular formula is C13H18FN5. The third kappa shape index (κ3) is 3.35. The number of nitrogens with one attached hydrogen (secondary N) is 1. The standard InChI is InChI=1S/C13H18FN5/c1-9(2)15-8-13-16-17-18-19(13)10(3)11-4-6-12(14)7-5-11/h4-7,9-10,15H,8H2,1-3H3. The van der Waals surface area contributed by atoms with Gasteiger partial charge in [-0.1, -0.05) is 26.0 Å². The Kier molecular flexibility index (Phi) is 4.21. The highest BCUT2D eigenvalue weighted by Gasteiger charge is 2.14. The first kappa shape index (κ1) is 13.6. The van der Waals surface area contributed by atoms with Gasteiger partial charge in [-0.25, -0.2) is 9.07 Å². The van der Waals surface area contributed by atoms with E-state index in [0.717, 1.165) is 11.4 Å². The number of rotatable bonds is 5. The fraction of sp³-hybridized carbons (Fsp3) is 0.462. The normalized spacial score (nSPS) is 12.9. The SMILES string of the molecule is CC(C)NCc1nnnn1C(C)c1ccc(F)cc1. The Labute approximate surface area is 111 Å². The van der Waals surface area contributed by atoms with Crippen LogP contribution in [0.2, 0.25) is 0 Å². The molecule has 6 heteroatoms. The lowest BCUT2D eigenvalue weighted by atomic mass is 10.1. The molecule has 0 radical (unpaired) electrons. The van der Waals surface area contributed by atoms with Gasteiger partial charge < -0.3 is 5.32 Å². The maximum absolute atomic E-state index is 12.9. The summed E-state index contributed by atoms with van der Waals surface area (Å²) in [5, 5.41) is 15.0. The lowest BCUT2D eigenvalue weighted by Gasteiger charge is -2.15. The monoisotopic (exact) mass is 263 g/mol. The van der Waals surface area contributed by atoms with Crippen LogP contribution in [0.25, 0.3) is 0 Å². The van der Waals surface area contributed by atoms with Crippen molar-refractivity contribution in [3.63, 3.8) is 0 Å². The van der Waals surface area contributed by atoms with Gasteiger partial charge in [0.15, 0.2) is 5.82 Å². The van der Waals surface area contributed by atoms with E-state index in [2.05, 4.69) is 34.7 Å². The summed E-state index contributed by atoms with van der Waals surface area (Å²) in [7, 11) is 0. The average molecular weight is 263 g/mol. The van der Waals surface area contributed by atoms with E-state index in [-0.39, 0.29) is 11.9 Å². The summed E-state index contributed by atoms with van der Waals surface area (Å²) in [5.74, 6) is 0.528. The van der Waals surface area contributed by atoms with Gasteiger partial charge in [0.2, 0.25) is 0 Å². The number of hydrogen-bond donors (Lipinski definition) is 1. The molecule has 0 aliphatic heterocycles. The third-order valence-corrected chi connectivity index (χ3v) is 2.95. The van der Waals surface area contributed by atoms with Crippen molar-refractivity contribution in [1.82, 2.24) is 25.5 Å². The summed E-state index contributed by atoms with van der Waals surface area (Å²) in [6.07, 6.45) is 0. The van der Waals surface area contributed by atoms with E-state index in [9.17, 15) is 4.39 Å². The summed E-state index contributed by atoms with van der Waals surface area (Å²) in [6, 6.07) is 6.73. The first-order chi connectivity index (χ1) is 9.08. The molecule has 0 spiro atoms. The molecule has 0 amide bonds. The third-order valence-electron chi connectivity index (χ3n) is 2.95. The van der Waals surface area contributed by atoms with Crippen molar-refractivity contribution < 1.29 is 4.39 Å². The van der Waals surface area contributed by atoms with E-state index in [1.54, 1.807) is 16.8 Å². The summed E-state index contributed by atoms with van der Waals surface area (Å²) < 4.78 is 14.7. The van der Waals surface area contributed by atoms with Crippen molar-refractivity contribution in [2.24, 2.45) is 0 Å². The van der Waals surface area contributed by atoms with Crippen molar-refractivity contribution in [1.29, 1.82) is 0 Å². The van der Waals surface area contributed by atoms with E-state index in [4.69, 9.17) is 0 Å². The van der Waals surface area contributed by atoms with Crippen molar-refractivity contribution in [3.8, 4) is 0 Å². The first-order valence-corrected chi connectivity index (χ1v) is 6.33. The summed E-state index contributed by atoms with van der Waals surface area (Å²) >= 11 is 0. The van der Waals surface area contributed by atoms with Crippen LogP contribution < -0.4 is 5.32 Å². The largest absolute Gasteiger partial charge is 0.308 e. The molecule has 1 atom stereocenters. The molecule has 102 valence electrons. The number of halogens is 1. The van der Waals surface area contributed by atoms with Gasteiger partial charge >= 0.3 is 0 Å². The molecule has 2 rings (SSSR count). The van der Waals surface area contributed by atoms with Crippen LogP contribution in [0.5, 0.6) is 0 Å². The smallest absolute Gasteiger partial charge is 0.165 e. The topological polar surface area (TPSA) is 55.6 Å². The molecule has 0 fully saturated rings. The molecule has 5 nitrogen and oxygen atoms in total. The molecule has 0 saturated heterocycles. The predicted molar refractivity (Wildman–Crippen MR) is 70.0 cm³/mol. The van der Waals surface area contributed by atoms with Crippen LogP contribution in [0.1, 0.15) is 38.2 Å². The van der Waals surface area contributed by atoms with Crippen LogP contribution in [-0.4, -0.2) is 26.2 Å². The van der Waals surface area contributed by atoms with Gasteiger partial charge in [0.1, 0.15) is 5.82 Å². The zero-order valence-electron chi connectivity index (χ0n) is 11.3. The lowest BCUT2D eigenvalue weighted by molar-refractivity contribution is 0.490. The van der Waals surface area contributed by atoms with Crippen molar-refractivity contribution >= 4 is 0 Å². The minimum Gasteiger partial charge on any atom is -0.308 e. The van der Waals surface area contributed by atoms with Gasteiger partial charge in [0.05, 0.1) is 12.6 Å². The number of tetrazole rings is 1. The zero-order valence-corrected chi connectivity index (χ0v) is 11.3. The zero-order chi connectivity index (χ0) is 13.8. The summed E-state index contributed by atoms with van der Waals surface area (Å²) in [5.41, 5.74) is 0.972. The Morgan fingerprint density at radius 1 is 1.21 bits per heavy atom. The fourth-order valence-electron chi connectivity index (χ4n) is 1.81. The Hall–Kier alpha value is -1.82. The molecule has 1 aromatic carbocycles. The second-order valence-corrected chi connectivity index (χ2v) is 4.80. The Morgan fingerprint density at radius 2 is 1.89 bits per heavy atom. The van der Waals surface area contributed by atoms with E-state index in [1.165, 1.54) is 12.1 Å². The van der Waals surface area contributed by atoms with Crippen molar-refractivity contribution in [2.75, 3.05) is 0 Å². The molecule has 0 bridgehead atoms. The molecule has 1 unspecified atom stereocenters. The molecule has 0 saturated carbocycles. The van der Waals surface area contributed by atoms with Crippen LogP contribution in [0, 0.1) is 5.82 Å². The van der Waals surface area contributed by atoms with E-state index in [0.29, 0.717) is 12.6 Å². The van der Waals surface area contributed by atoms with Gasteiger partial charge in [0, 0.05) is 6.04 Å². The molecule has 0 aliphatic carbocycles. The van der Waals surface area contributed by atoms with Crippen LogP contribution in [0.3, 0.4) is 0 Å². The number of aromatic nitrogens is 4. The minimum absolute atomic E-state index is 0.0282. The van der Waals surface area contributed by atoms with Crippen molar-refractivity contribution in [3.05, 3.63) is 41.5 Å². The minimum atomic E-state index is -0.241. The number of benzene rings is 1. The molecule has 1 heterocycles.